The summed E-state index contributed by atoms with van der Waals surface area (Å²) in [5, 5.41) is 0. The van der Waals surface area contributed by atoms with E-state index < -0.39 is 0 Å². The molecule has 98 valence electrons. The molecule has 2 atom stereocenters. The lowest BCUT2D eigenvalue weighted by molar-refractivity contribution is -0.145. The van der Waals surface area contributed by atoms with Crippen LogP contribution in [0.5, 0.6) is 0 Å². The van der Waals surface area contributed by atoms with Crippen LogP contribution in [0.25, 0.3) is 0 Å². The fraction of sp³-hybridized carbons (Fsp3) is 0.846. The number of rotatable bonds is 7. The molecule has 0 N–H and O–H groups in total. The first kappa shape index (κ1) is 14.2. The molecule has 1 rings (SSSR count). The highest BCUT2D eigenvalue weighted by atomic mass is 16.5. The van der Waals surface area contributed by atoms with Crippen LogP contribution in [0.1, 0.15) is 52.4 Å². The van der Waals surface area contributed by atoms with Gasteiger partial charge in [0.05, 0.1) is 19.1 Å². The number of ether oxygens (including phenoxy) is 2. The number of esters is 1. The average molecular weight is 242 g/mol. The van der Waals surface area contributed by atoms with Crippen LogP contribution in [0, 0.1) is 0 Å². The van der Waals surface area contributed by atoms with Gasteiger partial charge in [-0.3, -0.25) is 9.59 Å². The van der Waals surface area contributed by atoms with Crippen molar-refractivity contribution < 1.29 is 19.1 Å². The van der Waals surface area contributed by atoms with Crippen LogP contribution in [0.3, 0.4) is 0 Å². The van der Waals surface area contributed by atoms with Crippen LogP contribution in [0.2, 0.25) is 0 Å². The number of Topliss-reactive ketones (excluding diaryl/α,β-unsaturated/α-hetero) is 1. The number of carbonyl (C=O) groups is 2. The molecule has 1 heterocycles. The third-order valence-electron chi connectivity index (χ3n) is 2.93. The zero-order chi connectivity index (χ0) is 12.7. The van der Waals surface area contributed by atoms with E-state index in [4.69, 9.17) is 9.47 Å². The molecule has 4 heteroatoms. The van der Waals surface area contributed by atoms with Crippen molar-refractivity contribution in [1.29, 1.82) is 0 Å². The Balaban J connectivity index is 2.13. The second kappa shape index (κ2) is 7.43. The Morgan fingerprint density at radius 1 is 1.29 bits per heavy atom. The van der Waals surface area contributed by atoms with Gasteiger partial charge in [-0.2, -0.15) is 0 Å². The molecule has 0 aromatic carbocycles. The Morgan fingerprint density at radius 3 is 2.65 bits per heavy atom. The summed E-state index contributed by atoms with van der Waals surface area (Å²) in [6, 6.07) is 0. The highest BCUT2D eigenvalue weighted by Gasteiger charge is 2.27. The smallest absolute Gasteiger partial charge is 0.306 e. The molecule has 17 heavy (non-hydrogen) atoms. The van der Waals surface area contributed by atoms with Crippen molar-refractivity contribution in [3.63, 3.8) is 0 Å². The van der Waals surface area contributed by atoms with E-state index in [1.807, 2.05) is 13.8 Å². The van der Waals surface area contributed by atoms with Crippen LogP contribution in [0.15, 0.2) is 0 Å². The van der Waals surface area contributed by atoms with Gasteiger partial charge in [-0.05, 0) is 26.2 Å². The van der Waals surface area contributed by atoms with Crippen molar-refractivity contribution in [2.75, 3.05) is 6.61 Å². The first-order valence-corrected chi connectivity index (χ1v) is 6.47. The Kier molecular flexibility index (Phi) is 6.19. The molecule has 0 aromatic heterocycles. The number of carbonyl (C=O) groups excluding carboxylic acids is 2. The number of hydrogen-bond donors (Lipinski definition) is 0. The summed E-state index contributed by atoms with van der Waals surface area (Å²) < 4.78 is 10.4. The first-order chi connectivity index (χ1) is 8.13. The lowest BCUT2D eigenvalue weighted by Gasteiger charge is -2.09. The van der Waals surface area contributed by atoms with Crippen LogP contribution in [-0.2, 0) is 19.1 Å². The number of ketones is 1. The van der Waals surface area contributed by atoms with E-state index in [0.717, 1.165) is 25.7 Å². The standard InChI is InChI=1S/C13H22O4/c1-3-4-9-16-13(15)8-6-11(14)12-7-5-10(2)17-12/h10,12H,3-9H2,1-2H3. The molecular formula is C13H22O4. The fourth-order valence-corrected chi connectivity index (χ4v) is 1.83. The Hall–Kier alpha value is -0.900. The van der Waals surface area contributed by atoms with Crippen LogP contribution >= 0.6 is 0 Å². The summed E-state index contributed by atoms with van der Waals surface area (Å²) in [5.74, 6) is -0.250. The van der Waals surface area contributed by atoms with Crippen molar-refractivity contribution in [2.45, 2.75) is 64.6 Å². The molecule has 0 spiro atoms. The predicted molar refractivity (Wildman–Crippen MR) is 63.7 cm³/mol. The molecule has 1 aliphatic heterocycles. The predicted octanol–water partition coefficient (Wildman–Crippen LogP) is 2.25. The van der Waals surface area contributed by atoms with Gasteiger partial charge < -0.3 is 9.47 Å². The molecule has 4 nitrogen and oxygen atoms in total. The maximum absolute atomic E-state index is 11.7. The van der Waals surface area contributed by atoms with Gasteiger partial charge in [0.15, 0.2) is 5.78 Å². The Labute approximate surface area is 103 Å². The molecular weight excluding hydrogens is 220 g/mol. The summed E-state index contributed by atoms with van der Waals surface area (Å²) in [4.78, 5) is 23.0. The SMILES string of the molecule is CCCCOC(=O)CCC(=O)C1CCC(C)O1. The summed E-state index contributed by atoms with van der Waals surface area (Å²) in [6.45, 7) is 4.46. The van der Waals surface area contributed by atoms with Crippen molar-refractivity contribution in [3.8, 4) is 0 Å². The second-order valence-electron chi connectivity index (χ2n) is 4.55. The van der Waals surface area contributed by atoms with E-state index in [1.165, 1.54) is 0 Å². The highest BCUT2D eigenvalue weighted by Crippen LogP contribution is 2.21. The van der Waals surface area contributed by atoms with E-state index in [9.17, 15) is 9.59 Å². The third-order valence-corrected chi connectivity index (χ3v) is 2.93. The minimum absolute atomic E-state index is 0.0294. The van der Waals surface area contributed by atoms with Crippen molar-refractivity contribution in [1.82, 2.24) is 0 Å². The second-order valence-corrected chi connectivity index (χ2v) is 4.55. The first-order valence-electron chi connectivity index (χ1n) is 6.47. The molecule has 1 saturated heterocycles. The van der Waals surface area contributed by atoms with Gasteiger partial charge in [0.25, 0.3) is 0 Å². The monoisotopic (exact) mass is 242 g/mol. The van der Waals surface area contributed by atoms with Gasteiger partial charge in [-0.25, -0.2) is 0 Å². The quantitative estimate of drug-likeness (QED) is 0.507. The van der Waals surface area contributed by atoms with Crippen molar-refractivity contribution in [3.05, 3.63) is 0 Å². The van der Waals surface area contributed by atoms with Gasteiger partial charge in [-0.15, -0.1) is 0 Å². The molecule has 0 aliphatic carbocycles. The van der Waals surface area contributed by atoms with Crippen molar-refractivity contribution in [2.24, 2.45) is 0 Å². The van der Waals surface area contributed by atoms with Gasteiger partial charge >= 0.3 is 5.97 Å². The molecule has 0 saturated carbocycles. The average Bonchev–Trinajstić information content (AvgIpc) is 2.73. The largest absolute Gasteiger partial charge is 0.466 e. The molecule has 1 aliphatic rings. The van der Waals surface area contributed by atoms with Gasteiger partial charge in [0.1, 0.15) is 6.10 Å². The van der Waals surface area contributed by atoms with Gasteiger partial charge in [0.2, 0.25) is 0 Å². The van der Waals surface area contributed by atoms with E-state index >= 15 is 0 Å². The molecule has 0 bridgehead atoms. The summed E-state index contributed by atoms with van der Waals surface area (Å²) in [5.41, 5.74) is 0. The van der Waals surface area contributed by atoms with E-state index in [0.29, 0.717) is 6.61 Å². The summed E-state index contributed by atoms with van der Waals surface area (Å²) in [6.07, 6.45) is 3.87. The minimum atomic E-state index is -0.298. The van der Waals surface area contributed by atoms with E-state index in [1.54, 1.807) is 0 Å². The van der Waals surface area contributed by atoms with Crippen LogP contribution < -0.4 is 0 Å². The van der Waals surface area contributed by atoms with Gasteiger partial charge in [0, 0.05) is 6.42 Å². The highest BCUT2D eigenvalue weighted by molar-refractivity contribution is 5.86. The Morgan fingerprint density at radius 2 is 2.06 bits per heavy atom. The van der Waals surface area contributed by atoms with E-state index in [-0.39, 0.29) is 36.8 Å². The molecule has 2 unspecified atom stereocenters. The van der Waals surface area contributed by atoms with Crippen molar-refractivity contribution >= 4 is 11.8 Å². The molecule has 0 radical (unpaired) electrons. The molecule has 0 aromatic rings. The summed E-state index contributed by atoms with van der Waals surface area (Å²) in [7, 11) is 0. The van der Waals surface area contributed by atoms with Gasteiger partial charge in [-0.1, -0.05) is 13.3 Å². The zero-order valence-corrected chi connectivity index (χ0v) is 10.7. The van der Waals surface area contributed by atoms with Crippen LogP contribution in [0.4, 0.5) is 0 Å². The topological polar surface area (TPSA) is 52.6 Å². The minimum Gasteiger partial charge on any atom is -0.466 e. The summed E-state index contributed by atoms with van der Waals surface area (Å²) >= 11 is 0. The van der Waals surface area contributed by atoms with E-state index in [2.05, 4.69) is 0 Å². The zero-order valence-electron chi connectivity index (χ0n) is 10.7. The molecule has 0 amide bonds. The fourth-order valence-electron chi connectivity index (χ4n) is 1.83. The lowest BCUT2D eigenvalue weighted by atomic mass is 10.1. The molecule has 1 fully saturated rings. The van der Waals surface area contributed by atoms with Crippen LogP contribution in [-0.4, -0.2) is 30.6 Å². The number of hydrogen-bond acceptors (Lipinski definition) is 4. The maximum Gasteiger partial charge on any atom is 0.306 e. The lowest BCUT2D eigenvalue weighted by Crippen LogP contribution is -2.21. The normalized spacial score (nSPS) is 23.6. The maximum atomic E-state index is 11.7. The third kappa shape index (κ3) is 5.31. The Bertz CT molecular complexity index is 262. The number of unbranched alkanes of at least 4 members (excludes halogenated alkanes) is 1.